The first-order chi connectivity index (χ1) is 7.10. The van der Waals surface area contributed by atoms with Gasteiger partial charge in [0.2, 0.25) is 5.91 Å². The van der Waals surface area contributed by atoms with E-state index in [2.05, 4.69) is 19.2 Å². The molecular weight excluding hydrogens is 188 g/mol. The Hall–Kier alpha value is -0.570. The Labute approximate surface area is 91.8 Å². The number of nitrogens with two attached hydrogens (primary N) is 1. The van der Waals surface area contributed by atoms with Gasteiger partial charge in [-0.1, -0.05) is 13.8 Å². The minimum atomic E-state index is 0.235. The minimum absolute atomic E-state index is 0.235. The first-order valence-corrected chi connectivity index (χ1v) is 6.11. The van der Waals surface area contributed by atoms with Crippen molar-refractivity contribution in [2.45, 2.75) is 45.6 Å². The summed E-state index contributed by atoms with van der Waals surface area (Å²) in [5.41, 5.74) is 5.94. The Kier molecular flexibility index (Phi) is 2.75. The zero-order valence-corrected chi connectivity index (χ0v) is 9.75. The lowest BCUT2D eigenvalue weighted by Gasteiger charge is -2.17. The highest BCUT2D eigenvalue weighted by molar-refractivity contribution is 5.82. The van der Waals surface area contributed by atoms with E-state index < -0.39 is 0 Å². The molecule has 3 atom stereocenters. The van der Waals surface area contributed by atoms with Gasteiger partial charge in [0, 0.05) is 18.5 Å². The van der Waals surface area contributed by atoms with E-state index in [1.54, 1.807) is 0 Å². The van der Waals surface area contributed by atoms with E-state index in [0.717, 1.165) is 12.8 Å². The lowest BCUT2D eigenvalue weighted by atomic mass is 10.0. The van der Waals surface area contributed by atoms with Crippen LogP contribution in [0.2, 0.25) is 0 Å². The fourth-order valence-corrected chi connectivity index (χ4v) is 2.36. The molecule has 2 fully saturated rings. The third-order valence-electron chi connectivity index (χ3n) is 4.25. The van der Waals surface area contributed by atoms with E-state index >= 15 is 0 Å². The average Bonchev–Trinajstić information content (AvgIpc) is 3.09. The molecule has 0 aliphatic heterocycles. The predicted molar refractivity (Wildman–Crippen MR) is 60.2 cm³/mol. The van der Waals surface area contributed by atoms with Gasteiger partial charge < -0.3 is 11.1 Å². The lowest BCUT2D eigenvalue weighted by Crippen LogP contribution is -2.43. The van der Waals surface area contributed by atoms with Gasteiger partial charge in [-0.05, 0) is 37.0 Å². The first-order valence-electron chi connectivity index (χ1n) is 6.11. The molecule has 0 saturated heterocycles. The summed E-state index contributed by atoms with van der Waals surface area (Å²) in [5, 5.41) is 3.12. The molecule has 0 radical (unpaired) electrons. The molecule has 3 heteroatoms. The molecule has 0 bridgehead atoms. The van der Waals surface area contributed by atoms with Crippen molar-refractivity contribution in [2.75, 3.05) is 6.54 Å². The van der Waals surface area contributed by atoms with Crippen LogP contribution in [0, 0.1) is 17.3 Å². The summed E-state index contributed by atoms with van der Waals surface area (Å²) in [7, 11) is 0. The maximum absolute atomic E-state index is 11.9. The summed E-state index contributed by atoms with van der Waals surface area (Å²) in [6.45, 7) is 4.95. The molecule has 0 spiro atoms. The van der Waals surface area contributed by atoms with Crippen LogP contribution in [0.1, 0.15) is 39.5 Å². The van der Waals surface area contributed by atoms with Crippen molar-refractivity contribution >= 4 is 5.91 Å². The molecule has 2 rings (SSSR count). The summed E-state index contributed by atoms with van der Waals surface area (Å²) in [6, 6.07) is 0.235. The van der Waals surface area contributed by atoms with E-state index in [1.165, 1.54) is 12.8 Å². The number of carbonyl (C=O) groups is 1. The second-order valence-electron chi connectivity index (χ2n) is 5.45. The van der Waals surface area contributed by atoms with Crippen LogP contribution in [-0.4, -0.2) is 18.5 Å². The summed E-state index contributed by atoms with van der Waals surface area (Å²) >= 11 is 0. The summed E-state index contributed by atoms with van der Waals surface area (Å²) in [4.78, 5) is 11.9. The molecule has 15 heavy (non-hydrogen) atoms. The van der Waals surface area contributed by atoms with Crippen LogP contribution < -0.4 is 11.1 Å². The summed E-state index contributed by atoms with van der Waals surface area (Å²) in [5.74, 6) is 1.14. The Morgan fingerprint density at radius 3 is 2.67 bits per heavy atom. The van der Waals surface area contributed by atoms with Crippen LogP contribution in [0.4, 0.5) is 0 Å². The van der Waals surface area contributed by atoms with Gasteiger partial charge >= 0.3 is 0 Å². The maximum atomic E-state index is 11.9. The Morgan fingerprint density at radius 2 is 2.27 bits per heavy atom. The van der Waals surface area contributed by atoms with Crippen molar-refractivity contribution in [3.05, 3.63) is 0 Å². The monoisotopic (exact) mass is 210 g/mol. The molecule has 3 unspecified atom stereocenters. The summed E-state index contributed by atoms with van der Waals surface area (Å²) < 4.78 is 0. The van der Waals surface area contributed by atoms with E-state index in [0.29, 0.717) is 12.5 Å². The molecule has 0 heterocycles. The second-order valence-corrected chi connectivity index (χ2v) is 5.45. The highest BCUT2D eigenvalue weighted by atomic mass is 16.2. The van der Waals surface area contributed by atoms with Gasteiger partial charge in [0.25, 0.3) is 0 Å². The zero-order chi connectivity index (χ0) is 11.1. The second kappa shape index (κ2) is 3.78. The lowest BCUT2D eigenvalue weighted by molar-refractivity contribution is -0.123. The van der Waals surface area contributed by atoms with Crippen LogP contribution in [0.25, 0.3) is 0 Å². The quantitative estimate of drug-likeness (QED) is 0.718. The van der Waals surface area contributed by atoms with Crippen LogP contribution in [0.5, 0.6) is 0 Å². The first kappa shape index (κ1) is 10.9. The molecule has 2 aliphatic carbocycles. The van der Waals surface area contributed by atoms with E-state index in [9.17, 15) is 4.79 Å². The average molecular weight is 210 g/mol. The number of hydrogen-bond donors (Lipinski definition) is 2. The van der Waals surface area contributed by atoms with Crippen molar-refractivity contribution in [3.8, 4) is 0 Å². The molecule has 86 valence electrons. The van der Waals surface area contributed by atoms with Crippen LogP contribution in [-0.2, 0) is 4.79 Å². The van der Waals surface area contributed by atoms with Gasteiger partial charge in [-0.3, -0.25) is 4.79 Å². The third-order valence-corrected chi connectivity index (χ3v) is 4.25. The molecule has 3 N–H and O–H groups in total. The fraction of sp³-hybridized carbons (Fsp3) is 0.917. The number of carbonyl (C=O) groups excluding carboxylic acids is 1. The molecule has 0 aromatic rings. The predicted octanol–water partition coefficient (Wildman–Crippen LogP) is 1.28. The fourth-order valence-electron chi connectivity index (χ4n) is 2.36. The van der Waals surface area contributed by atoms with Gasteiger partial charge in [-0.2, -0.15) is 0 Å². The van der Waals surface area contributed by atoms with Crippen molar-refractivity contribution in [3.63, 3.8) is 0 Å². The van der Waals surface area contributed by atoms with Gasteiger partial charge in [0.05, 0.1) is 0 Å². The van der Waals surface area contributed by atoms with Gasteiger partial charge in [-0.25, -0.2) is 0 Å². The van der Waals surface area contributed by atoms with Crippen LogP contribution in [0.3, 0.4) is 0 Å². The van der Waals surface area contributed by atoms with Crippen LogP contribution in [0.15, 0.2) is 0 Å². The molecule has 1 amide bonds. The molecule has 0 aromatic heterocycles. The third kappa shape index (κ3) is 2.17. The number of hydrogen-bond acceptors (Lipinski definition) is 2. The number of rotatable bonds is 5. The minimum Gasteiger partial charge on any atom is -0.352 e. The maximum Gasteiger partial charge on any atom is 0.223 e. The Bertz CT molecular complexity index is 262. The highest BCUT2D eigenvalue weighted by Crippen LogP contribution is 2.54. The summed E-state index contributed by atoms with van der Waals surface area (Å²) in [6.07, 6.45) is 4.62. The standard InChI is InChI=1S/C12H22N2O/c1-3-12(2)6-9(12)11(15)14-10(7-13)8-4-5-8/h8-10H,3-7,13H2,1-2H3,(H,14,15). The van der Waals surface area contributed by atoms with E-state index in [-0.39, 0.29) is 23.3 Å². The Morgan fingerprint density at radius 1 is 1.60 bits per heavy atom. The smallest absolute Gasteiger partial charge is 0.223 e. The van der Waals surface area contributed by atoms with Crippen molar-refractivity contribution < 1.29 is 4.79 Å². The van der Waals surface area contributed by atoms with E-state index in [4.69, 9.17) is 5.73 Å². The molecule has 2 saturated carbocycles. The largest absolute Gasteiger partial charge is 0.352 e. The molecule has 3 nitrogen and oxygen atoms in total. The number of nitrogens with one attached hydrogen (secondary N) is 1. The highest BCUT2D eigenvalue weighted by Gasteiger charge is 2.53. The van der Waals surface area contributed by atoms with Crippen molar-refractivity contribution in [1.29, 1.82) is 0 Å². The van der Waals surface area contributed by atoms with Gasteiger partial charge in [0.15, 0.2) is 0 Å². The van der Waals surface area contributed by atoms with Crippen LogP contribution >= 0.6 is 0 Å². The zero-order valence-electron chi connectivity index (χ0n) is 9.75. The van der Waals surface area contributed by atoms with Gasteiger partial charge in [-0.15, -0.1) is 0 Å². The normalized spacial score (nSPS) is 36.1. The van der Waals surface area contributed by atoms with Gasteiger partial charge in [0.1, 0.15) is 0 Å². The van der Waals surface area contributed by atoms with Crippen molar-refractivity contribution in [1.82, 2.24) is 5.32 Å². The number of amides is 1. The molecule has 2 aliphatic rings. The SMILES string of the molecule is CCC1(C)CC1C(=O)NC(CN)C1CC1. The van der Waals surface area contributed by atoms with E-state index in [1.807, 2.05) is 0 Å². The Balaban J connectivity index is 1.82. The molecule has 0 aromatic carbocycles. The van der Waals surface area contributed by atoms with Crippen molar-refractivity contribution in [2.24, 2.45) is 23.0 Å². The topological polar surface area (TPSA) is 55.1 Å². The molecular formula is C12H22N2O.